The van der Waals surface area contributed by atoms with Crippen LogP contribution in [0.3, 0.4) is 0 Å². The first-order valence-electron chi connectivity index (χ1n) is 7.65. The summed E-state index contributed by atoms with van der Waals surface area (Å²) in [5.74, 6) is 0. The Morgan fingerprint density at radius 2 is 1.50 bits per heavy atom. The van der Waals surface area contributed by atoms with E-state index in [2.05, 4.69) is 68.9 Å². The molecule has 0 fully saturated rings. The van der Waals surface area contributed by atoms with Gasteiger partial charge in [-0.1, -0.05) is 12.1 Å². The maximum atomic E-state index is 4.75. The normalized spacial score (nSPS) is 11.6. The number of hydrogen-bond donors (Lipinski definition) is 0. The van der Waals surface area contributed by atoms with Gasteiger partial charge in [0.25, 0.3) is 0 Å². The molecule has 4 rings (SSSR count). The molecule has 0 saturated heterocycles. The smallest absolute Gasteiger partial charge is 0.222 e. The van der Waals surface area contributed by atoms with Crippen LogP contribution in [-0.4, -0.2) is 4.98 Å². The van der Waals surface area contributed by atoms with E-state index in [9.17, 15) is 0 Å². The molecule has 0 aliphatic heterocycles. The Kier molecular flexibility index (Phi) is 2.70. The summed E-state index contributed by atoms with van der Waals surface area (Å²) in [6.07, 6.45) is 4.04. The molecule has 108 valence electrons. The van der Waals surface area contributed by atoms with Crippen LogP contribution in [0.5, 0.6) is 0 Å². The van der Waals surface area contributed by atoms with Gasteiger partial charge < -0.3 is 0 Å². The molecule has 2 aromatic carbocycles. The van der Waals surface area contributed by atoms with Gasteiger partial charge in [0.05, 0.1) is 16.3 Å². The van der Waals surface area contributed by atoms with E-state index in [1.807, 2.05) is 6.20 Å². The minimum atomic E-state index is 1.12. The number of fused-ring (bicyclic) bond motifs is 6. The van der Waals surface area contributed by atoms with Gasteiger partial charge in [-0.3, -0.25) is 4.98 Å². The summed E-state index contributed by atoms with van der Waals surface area (Å²) in [6, 6.07) is 10.9. The van der Waals surface area contributed by atoms with Crippen LogP contribution >= 0.6 is 0 Å². The van der Waals surface area contributed by atoms with Crippen molar-refractivity contribution < 1.29 is 4.57 Å². The summed E-state index contributed by atoms with van der Waals surface area (Å²) in [7, 11) is 2.12. The SMILES string of the molecule is Cc1ccc(C)c2c3nccc(C)c3c3c(ccc[n+]3C)c12. The first-order valence-corrected chi connectivity index (χ1v) is 7.65. The van der Waals surface area contributed by atoms with Crippen molar-refractivity contribution in [3.05, 3.63) is 59.4 Å². The van der Waals surface area contributed by atoms with Crippen LogP contribution in [0.1, 0.15) is 16.7 Å². The van der Waals surface area contributed by atoms with Gasteiger partial charge in [-0.25, -0.2) is 4.57 Å². The lowest BCUT2D eigenvalue weighted by molar-refractivity contribution is -0.644. The Bertz CT molecular complexity index is 930. The van der Waals surface area contributed by atoms with Crippen molar-refractivity contribution in [3.63, 3.8) is 0 Å². The van der Waals surface area contributed by atoms with Crippen LogP contribution in [-0.2, 0) is 7.05 Å². The average Bonchev–Trinajstić information content (AvgIpc) is 2.50. The average molecular weight is 287 g/mol. The van der Waals surface area contributed by atoms with Crippen molar-refractivity contribution in [3.8, 4) is 0 Å². The van der Waals surface area contributed by atoms with Crippen molar-refractivity contribution in [2.75, 3.05) is 0 Å². The van der Waals surface area contributed by atoms with E-state index in [4.69, 9.17) is 4.98 Å². The molecule has 0 aliphatic carbocycles. The van der Waals surface area contributed by atoms with E-state index in [0.29, 0.717) is 0 Å². The standard InChI is InChI=1S/C20H19N2/c1-12-7-8-13(2)17-16(12)15-6-5-11-22(4)20(15)18-14(3)9-10-21-19(17)18/h5-11H,1-4H3/q+1. The molecule has 22 heavy (non-hydrogen) atoms. The number of pyridine rings is 2. The zero-order valence-electron chi connectivity index (χ0n) is 13.4. The largest absolute Gasteiger partial charge is 0.255 e. The molecule has 2 nitrogen and oxygen atoms in total. The van der Waals surface area contributed by atoms with Crippen LogP contribution in [0.15, 0.2) is 42.7 Å². The van der Waals surface area contributed by atoms with Crippen LogP contribution in [0, 0.1) is 20.8 Å². The molecule has 0 N–H and O–H groups in total. The highest BCUT2D eigenvalue weighted by molar-refractivity contribution is 6.24. The first kappa shape index (κ1) is 13.2. The summed E-state index contributed by atoms with van der Waals surface area (Å²) in [5.41, 5.74) is 6.26. The van der Waals surface area contributed by atoms with Gasteiger partial charge >= 0.3 is 0 Å². The number of hydrogen-bond acceptors (Lipinski definition) is 1. The van der Waals surface area contributed by atoms with Crippen LogP contribution in [0.4, 0.5) is 0 Å². The topological polar surface area (TPSA) is 16.8 Å². The number of rotatable bonds is 0. The highest BCUT2D eigenvalue weighted by Gasteiger charge is 2.19. The summed E-state index contributed by atoms with van der Waals surface area (Å²) in [5, 5.41) is 5.20. The number of aryl methyl sites for hydroxylation is 4. The van der Waals surface area contributed by atoms with Crippen LogP contribution in [0.25, 0.3) is 32.6 Å². The summed E-state index contributed by atoms with van der Waals surface area (Å²) >= 11 is 0. The summed E-state index contributed by atoms with van der Waals surface area (Å²) in [4.78, 5) is 4.75. The molecular formula is C20H19N2+. The van der Waals surface area contributed by atoms with Gasteiger partial charge in [-0.15, -0.1) is 0 Å². The maximum absolute atomic E-state index is 4.75. The molecule has 0 aliphatic rings. The van der Waals surface area contributed by atoms with Crippen molar-refractivity contribution >= 4 is 32.6 Å². The van der Waals surface area contributed by atoms with Gasteiger partial charge in [0.15, 0.2) is 6.20 Å². The maximum Gasteiger partial charge on any atom is 0.222 e. The Morgan fingerprint density at radius 1 is 0.818 bits per heavy atom. The molecule has 4 aromatic rings. The minimum Gasteiger partial charge on any atom is -0.255 e. The van der Waals surface area contributed by atoms with E-state index in [0.717, 1.165) is 5.52 Å². The van der Waals surface area contributed by atoms with Crippen molar-refractivity contribution in [1.29, 1.82) is 0 Å². The molecule has 0 saturated carbocycles. The Labute approximate surface area is 130 Å². The summed E-state index contributed by atoms with van der Waals surface area (Å²) in [6.45, 7) is 6.54. The second-order valence-corrected chi connectivity index (χ2v) is 6.18. The minimum absolute atomic E-state index is 1.12. The zero-order chi connectivity index (χ0) is 15.4. The molecular weight excluding hydrogens is 268 g/mol. The predicted molar refractivity (Wildman–Crippen MR) is 92.1 cm³/mol. The fraction of sp³-hybridized carbons (Fsp3) is 0.200. The first-order chi connectivity index (χ1) is 10.6. The van der Waals surface area contributed by atoms with E-state index in [-0.39, 0.29) is 0 Å². The van der Waals surface area contributed by atoms with E-state index in [1.54, 1.807) is 0 Å². The second kappa shape index (κ2) is 4.51. The fourth-order valence-corrected chi connectivity index (χ4v) is 3.63. The van der Waals surface area contributed by atoms with E-state index >= 15 is 0 Å². The Morgan fingerprint density at radius 3 is 2.27 bits per heavy atom. The predicted octanol–water partition coefficient (Wildman–Crippen LogP) is 4.29. The molecule has 0 radical (unpaired) electrons. The van der Waals surface area contributed by atoms with E-state index < -0.39 is 0 Å². The molecule has 2 aromatic heterocycles. The Hall–Kier alpha value is -2.48. The quantitative estimate of drug-likeness (QED) is 0.348. The Balaban J connectivity index is 2.53. The fourth-order valence-electron chi connectivity index (χ4n) is 3.63. The molecule has 0 unspecified atom stereocenters. The van der Waals surface area contributed by atoms with Crippen LogP contribution < -0.4 is 4.57 Å². The van der Waals surface area contributed by atoms with Gasteiger partial charge in [0.2, 0.25) is 5.52 Å². The van der Waals surface area contributed by atoms with Crippen molar-refractivity contribution in [2.45, 2.75) is 20.8 Å². The lowest BCUT2D eigenvalue weighted by Gasteiger charge is -2.13. The number of aromatic nitrogens is 2. The molecule has 2 heterocycles. The molecule has 2 heteroatoms. The monoisotopic (exact) mass is 287 g/mol. The zero-order valence-corrected chi connectivity index (χ0v) is 13.4. The van der Waals surface area contributed by atoms with Gasteiger partial charge in [0.1, 0.15) is 7.05 Å². The number of nitrogens with zero attached hydrogens (tertiary/aromatic N) is 2. The lowest BCUT2D eigenvalue weighted by Crippen LogP contribution is -2.28. The van der Waals surface area contributed by atoms with Gasteiger partial charge in [0, 0.05) is 23.0 Å². The molecule has 0 atom stereocenters. The van der Waals surface area contributed by atoms with Gasteiger partial charge in [-0.2, -0.15) is 0 Å². The molecule has 0 spiro atoms. The highest BCUT2D eigenvalue weighted by Crippen LogP contribution is 2.36. The highest BCUT2D eigenvalue weighted by atomic mass is 14.9. The molecule has 0 amide bonds. The van der Waals surface area contributed by atoms with Crippen LogP contribution in [0.2, 0.25) is 0 Å². The number of benzene rings is 2. The molecule has 0 bridgehead atoms. The second-order valence-electron chi connectivity index (χ2n) is 6.18. The summed E-state index contributed by atoms with van der Waals surface area (Å²) < 4.78 is 2.22. The van der Waals surface area contributed by atoms with Gasteiger partial charge in [-0.05, 0) is 49.6 Å². The lowest BCUT2D eigenvalue weighted by atomic mass is 9.92. The van der Waals surface area contributed by atoms with Crippen molar-refractivity contribution in [1.82, 2.24) is 4.98 Å². The third-order valence-corrected chi connectivity index (χ3v) is 4.70. The third kappa shape index (κ3) is 1.61. The van der Waals surface area contributed by atoms with Crippen molar-refractivity contribution in [2.24, 2.45) is 7.05 Å². The third-order valence-electron chi connectivity index (χ3n) is 4.70. The van der Waals surface area contributed by atoms with E-state index in [1.165, 1.54) is 43.8 Å².